The van der Waals surface area contributed by atoms with E-state index in [1.54, 1.807) is 24.3 Å². The maximum atomic E-state index is 12.1. The summed E-state index contributed by atoms with van der Waals surface area (Å²) >= 11 is 0. The Kier molecular flexibility index (Phi) is 5.49. The fraction of sp³-hybridized carbons (Fsp3) is 0.471. The summed E-state index contributed by atoms with van der Waals surface area (Å²) in [6.45, 7) is 1.83. The summed E-state index contributed by atoms with van der Waals surface area (Å²) in [7, 11) is 0. The first kappa shape index (κ1) is 17.2. The minimum Gasteiger partial charge on any atom is -0.460 e. The summed E-state index contributed by atoms with van der Waals surface area (Å²) in [5.74, 6) is -0.726. The quantitative estimate of drug-likeness (QED) is 0.781. The van der Waals surface area contributed by atoms with Crippen molar-refractivity contribution in [2.75, 3.05) is 38.2 Å². The first-order valence-corrected chi connectivity index (χ1v) is 8.25. The lowest BCUT2D eigenvalue weighted by atomic mass is 10.2. The van der Waals surface area contributed by atoms with Crippen LogP contribution in [0.4, 0.5) is 10.5 Å². The molecule has 2 amide bonds. The van der Waals surface area contributed by atoms with Crippen LogP contribution >= 0.6 is 0 Å². The molecule has 0 bridgehead atoms. The van der Waals surface area contributed by atoms with Gasteiger partial charge in [-0.2, -0.15) is 0 Å². The lowest BCUT2D eigenvalue weighted by Gasteiger charge is -2.13. The number of esters is 1. The van der Waals surface area contributed by atoms with Gasteiger partial charge in [0.15, 0.2) is 0 Å². The highest BCUT2D eigenvalue weighted by atomic mass is 16.6. The molecule has 25 heavy (non-hydrogen) atoms. The highest BCUT2D eigenvalue weighted by Crippen LogP contribution is 2.16. The van der Waals surface area contributed by atoms with E-state index >= 15 is 0 Å². The molecule has 3 rings (SSSR count). The normalized spacial score (nSPS) is 19.6. The zero-order valence-electron chi connectivity index (χ0n) is 13.7. The number of hydrogen-bond acceptors (Lipinski definition) is 6. The Bertz CT molecular complexity index is 656. The Labute approximate surface area is 145 Å². The van der Waals surface area contributed by atoms with Crippen molar-refractivity contribution in [1.82, 2.24) is 4.90 Å². The van der Waals surface area contributed by atoms with Crippen LogP contribution in [0.25, 0.3) is 0 Å². The standard InChI is InChI=1S/C17H20N2O6/c20-15(14-5-2-8-23-14)18-13-4-1-3-12(11-13)16(21)24-9-6-19-7-10-25-17(19)22/h1,3-4,11,14H,2,5-10H2,(H,18,20)/t14-/m0/s1. The molecule has 1 atom stereocenters. The maximum absolute atomic E-state index is 12.1. The van der Waals surface area contributed by atoms with Gasteiger partial charge in [0.1, 0.15) is 19.3 Å². The number of rotatable bonds is 6. The number of ether oxygens (including phenoxy) is 3. The van der Waals surface area contributed by atoms with Crippen LogP contribution in [0.2, 0.25) is 0 Å². The molecular weight excluding hydrogens is 328 g/mol. The molecule has 0 radical (unpaired) electrons. The van der Waals surface area contributed by atoms with Gasteiger partial charge in [0, 0.05) is 12.3 Å². The minimum atomic E-state index is -0.513. The molecule has 2 heterocycles. The molecule has 0 unspecified atom stereocenters. The monoisotopic (exact) mass is 348 g/mol. The molecule has 2 saturated heterocycles. The van der Waals surface area contributed by atoms with Crippen molar-refractivity contribution in [3.8, 4) is 0 Å². The van der Waals surface area contributed by atoms with E-state index in [9.17, 15) is 14.4 Å². The van der Waals surface area contributed by atoms with Gasteiger partial charge >= 0.3 is 12.1 Å². The number of nitrogens with one attached hydrogen (secondary N) is 1. The molecule has 0 saturated carbocycles. The summed E-state index contributed by atoms with van der Waals surface area (Å²) in [5.41, 5.74) is 0.840. The smallest absolute Gasteiger partial charge is 0.410 e. The van der Waals surface area contributed by atoms with Crippen LogP contribution in [0.1, 0.15) is 23.2 Å². The second-order valence-corrected chi connectivity index (χ2v) is 5.81. The molecule has 1 aromatic carbocycles. The van der Waals surface area contributed by atoms with Gasteiger partial charge in [-0.3, -0.25) is 4.79 Å². The molecule has 2 fully saturated rings. The Balaban J connectivity index is 1.50. The second kappa shape index (κ2) is 7.98. The number of nitrogens with zero attached hydrogens (tertiary/aromatic N) is 1. The van der Waals surface area contributed by atoms with Crippen LogP contribution in [0, 0.1) is 0 Å². The fourth-order valence-electron chi connectivity index (χ4n) is 2.69. The van der Waals surface area contributed by atoms with Crippen LogP contribution < -0.4 is 5.32 Å². The molecule has 1 N–H and O–H groups in total. The first-order chi connectivity index (χ1) is 12.1. The van der Waals surface area contributed by atoms with Crippen molar-refractivity contribution >= 4 is 23.7 Å². The van der Waals surface area contributed by atoms with E-state index in [0.717, 1.165) is 6.42 Å². The number of benzene rings is 1. The molecule has 0 aromatic heterocycles. The third-order valence-corrected chi connectivity index (χ3v) is 4.03. The number of anilines is 1. The van der Waals surface area contributed by atoms with Gasteiger partial charge in [-0.25, -0.2) is 9.59 Å². The van der Waals surface area contributed by atoms with E-state index in [0.29, 0.717) is 44.0 Å². The molecule has 8 heteroatoms. The minimum absolute atomic E-state index is 0.0838. The summed E-state index contributed by atoms with van der Waals surface area (Å²) in [6.07, 6.45) is 0.743. The molecule has 2 aliphatic heterocycles. The van der Waals surface area contributed by atoms with Gasteiger partial charge in [-0.1, -0.05) is 6.07 Å². The number of hydrogen-bond donors (Lipinski definition) is 1. The fourth-order valence-corrected chi connectivity index (χ4v) is 2.69. The predicted molar refractivity (Wildman–Crippen MR) is 87.2 cm³/mol. The van der Waals surface area contributed by atoms with E-state index < -0.39 is 18.2 Å². The zero-order valence-corrected chi connectivity index (χ0v) is 13.7. The van der Waals surface area contributed by atoms with Crippen LogP contribution in [0.15, 0.2) is 24.3 Å². The van der Waals surface area contributed by atoms with Gasteiger partial charge in [0.25, 0.3) is 5.91 Å². The van der Waals surface area contributed by atoms with Crippen molar-refractivity contribution in [3.05, 3.63) is 29.8 Å². The molecule has 2 aliphatic rings. The van der Waals surface area contributed by atoms with Gasteiger partial charge in [-0.05, 0) is 31.0 Å². The van der Waals surface area contributed by atoms with E-state index in [-0.39, 0.29) is 12.5 Å². The van der Waals surface area contributed by atoms with Crippen LogP contribution in [0.3, 0.4) is 0 Å². The highest BCUT2D eigenvalue weighted by molar-refractivity contribution is 5.96. The zero-order chi connectivity index (χ0) is 17.6. The van der Waals surface area contributed by atoms with E-state index in [1.165, 1.54) is 4.90 Å². The average Bonchev–Trinajstić information content (AvgIpc) is 3.27. The summed E-state index contributed by atoms with van der Waals surface area (Å²) in [4.78, 5) is 36.9. The van der Waals surface area contributed by atoms with Gasteiger partial charge < -0.3 is 24.4 Å². The summed E-state index contributed by atoms with van der Waals surface area (Å²) < 4.78 is 15.3. The second-order valence-electron chi connectivity index (χ2n) is 5.81. The molecule has 1 aromatic rings. The van der Waals surface area contributed by atoms with E-state index in [1.807, 2.05) is 0 Å². The van der Waals surface area contributed by atoms with Crippen LogP contribution in [0.5, 0.6) is 0 Å². The molecular formula is C17H20N2O6. The Hall–Kier alpha value is -2.61. The van der Waals surface area contributed by atoms with Gasteiger partial charge in [0.05, 0.1) is 18.7 Å². The lowest BCUT2D eigenvalue weighted by molar-refractivity contribution is -0.124. The van der Waals surface area contributed by atoms with Gasteiger partial charge in [-0.15, -0.1) is 0 Å². The first-order valence-electron chi connectivity index (χ1n) is 8.25. The maximum Gasteiger partial charge on any atom is 0.410 e. The lowest BCUT2D eigenvalue weighted by Crippen LogP contribution is -2.29. The van der Waals surface area contributed by atoms with E-state index in [4.69, 9.17) is 14.2 Å². The number of carbonyl (C=O) groups excluding carboxylic acids is 3. The van der Waals surface area contributed by atoms with E-state index in [2.05, 4.69) is 5.32 Å². The third-order valence-electron chi connectivity index (χ3n) is 4.03. The van der Waals surface area contributed by atoms with Crippen molar-refractivity contribution in [2.45, 2.75) is 18.9 Å². The average molecular weight is 348 g/mol. The van der Waals surface area contributed by atoms with Gasteiger partial charge in [0.2, 0.25) is 0 Å². The SMILES string of the molecule is O=C(OCCN1CCOC1=O)c1cccc(NC(=O)[C@@H]2CCCO2)c1. The predicted octanol–water partition coefficient (Wildman–Crippen LogP) is 1.41. The topological polar surface area (TPSA) is 94.2 Å². The van der Waals surface area contributed by atoms with Crippen LogP contribution in [-0.2, 0) is 19.0 Å². The number of amides is 2. The number of carbonyl (C=O) groups is 3. The Morgan fingerprint density at radius 3 is 2.92 bits per heavy atom. The third kappa shape index (κ3) is 4.48. The Morgan fingerprint density at radius 2 is 2.20 bits per heavy atom. The molecule has 0 spiro atoms. The largest absolute Gasteiger partial charge is 0.460 e. The molecule has 8 nitrogen and oxygen atoms in total. The molecule has 0 aliphatic carbocycles. The molecule has 134 valence electrons. The summed E-state index contributed by atoms with van der Waals surface area (Å²) in [6, 6.07) is 6.52. The Morgan fingerprint density at radius 1 is 1.32 bits per heavy atom. The highest BCUT2D eigenvalue weighted by Gasteiger charge is 2.24. The van der Waals surface area contributed by atoms with Crippen molar-refractivity contribution < 1.29 is 28.6 Å². The van der Waals surface area contributed by atoms with Crippen molar-refractivity contribution in [1.29, 1.82) is 0 Å². The van der Waals surface area contributed by atoms with Crippen molar-refractivity contribution in [3.63, 3.8) is 0 Å². The van der Waals surface area contributed by atoms with Crippen molar-refractivity contribution in [2.24, 2.45) is 0 Å². The van der Waals surface area contributed by atoms with Crippen LogP contribution in [-0.4, -0.2) is 61.9 Å². The number of cyclic esters (lactones) is 1. The summed E-state index contributed by atoms with van der Waals surface area (Å²) in [5, 5.41) is 2.74.